The lowest BCUT2D eigenvalue weighted by Crippen LogP contribution is -2.29. The van der Waals surface area contributed by atoms with E-state index < -0.39 is 21.8 Å². The molecule has 0 aliphatic rings. The van der Waals surface area contributed by atoms with E-state index in [0.29, 0.717) is 11.4 Å². The minimum atomic E-state index is -4.55. The summed E-state index contributed by atoms with van der Waals surface area (Å²) in [7, 11) is -2.40. The number of imidazole rings is 1. The SMILES string of the molecule is COc1cccc(-c2nc3sccn3c2-c2ccnc(NCCNS(=O)(=O)c3ccc(C(F)(F)F)cc3)n2)c1. The van der Waals surface area contributed by atoms with E-state index in [9.17, 15) is 21.6 Å². The van der Waals surface area contributed by atoms with Crippen LogP contribution < -0.4 is 14.8 Å². The molecule has 2 N–H and O–H groups in total. The molecule has 0 saturated heterocycles. The summed E-state index contributed by atoms with van der Waals surface area (Å²) in [5.74, 6) is 0.960. The molecule has 0 radical (unpaired) electrons. The Morgan fingerprint density at radius 3 is 2.59 bits per heavy atom. The van der Waals surface area contributed by atoms with Gasteiger partial charge < -0.3 is 10.1 Å². The van der Waals surface area contributed by atoms with Crippen molar-refractivity contribution in [1.82, 2.24) is 24.1 Å². The van der Waals surface area contributed by atoms with E-state index in [1.54, 1.807) is 19.4 Å². The Hall–Kier alpha value is -4.01. The molecule has 3 aromatic heterocycles. The number of ether oxygens (including phenoxy) is 1. The standard InChI is InChI=1S/C25H21F3N6O3S2/c1-37-18-4-2-3-16(15-18)21-22(34-13-14-38-24(34)33-21)20-9-10-29-23(32-20)30-11-12-31-39(35,36)19-7-5-17(6-8-19)25(26,27)28/h2-10,13-15,31H,11-12H2,1H3,(H,29,30,32). The van der Waals surface area contributed by atoms with E-state index in [2.05, 4.69) is 20.0 Å². The third-order valence-electron chi connectivity index (χ3n) is 5.70. The van der Waals surface area contributed by atoms with Gasteiger partial charge in [0.15, 0.2) is 4.96 Å². The number of anilines is 1. The minimum absolute atomic E-state index is 0.0482. The molecule has 5 rings (SSSR count). The number of halogens is 3. The van der Waals surface area contributed by atoms with Gasteiger partial charge in [-0.15, -0.1) is 11.3 Å². The van der Waals surface area contributed by atoms with E-state index in [0.717, 1.165) is 46.2 Å². The fourth-order valence-corrected chi connectivity index (χ4v) is 5.59. The fourth-order valence-electron chi connectivity index (χ4n) is 3.84. The monoisotopic (exact) mass is 574 g/mol. The van der Waals surface area contributed by atoms with Crippen LogP contribution in [-0.4, -0.2) is 48.0 Å². The van der Waals surface area contributed by atoms with Crippen LogP contribution in [0.25, 0.3) is 27.6 Å². The first-order valence-electron chi connectivity index (χ1n) is 11.5. The first kappa shape index (κ1) is 26.6. The zero-order valence-electron chi connectivity index (χ0n) is 20.3. The predicted octanol–water partition coefficient (Wildman–Crippen LogP) is 4.94. The van der Waals surface area contributed by atoms with Gasteiger partial charge in [-0.3, -0.25) is 4.40 Å². The highest BCUT2D eigenvalue weighted by atomic mass is 32.2. The number of aromatic nitrogens is 4. The van der Waals surface area contributed by atoms with Crippen molar-refractivity contribution in [2.45, 2.75) is 11.1 Å². The van der Waals surface area contributed by atoms with Gasteiger partial charge in [0.1, 0.15) is 11.4 Å². The molecule has 39 heavy (non-hydrogen) atoms. The van der Waals surface area contributed by atoms with E-state index >= 15 is 0 Å². The highest BCUT2D eigenvalue weighted by Crippen LogP contribution is 2.35. The van der Waals surface area contributed by atoms with Gasteiger partial charge in [0, 0.05) is 36.4 Å². The molecule has 0 unspecified atom stereocenters. The zero-order chi connectivity index (χ0) is 27.6. The second-order valence-electron chi connectivity index (χ2n) is 8.21. The van der Waals surface area contributed by atoms with Crippen LogP contribution in [0.3, 0.4) is 0 Å². The molecule has 0 aliphatic carbocycles. The van der Waals surface area contributed by atoms with Crippen molar-refractivity contribution >= 4 is 32.3 Å². The molecule has 202 valence electrons. The van der Waals surface area contributed by atoms with Crippen molar-refractivity contribution in [3.05, 3.63) is 77.9 Å². The molecule has 3 heterocycles. The third-order valence-corrected chi connectivity index (χ3v) is 7.93. The van der Waals surface area contributed by atoms with Crippen LogP contribution in [0.15, 0.2) is 77.3 Å². The average Bonchev–Trinajstić information content (AvgIpc) is 3.53. The Morgan fingerprint density at radius 1 is 1.05 bits per heavy atom. The number of hydrogen-bond acceptors (Lipinski definition) is 8. The second-order valence-corrected chi connectivity index (χ2v) is 10.8. The molecule has 9 nitrogen and oxygen atoms in total. The van der Waals surface area contributed by atoms with E-state index in [-0.39, 0.29) is 23.9 Å². The zero-order valence-corrected chi connectivity index (χ0v) is 21.9. The maximum atomic E-state index is 12.7. The van der Waals surface area contributed by atoms with E-state index in [1.165, 1.54) is 11.3 Å². The van der Waals surface area contributed by atoms with Crippen molar-refractivity contribution in [1.29, 1.82) is 0 Å². The molecule has 0 atom stereocenters. The van der Waals surface area contributed by atoms with Gasteiger partial charge in [-0.25, -0.2) is 28.1 Å². The fraction of sp³-hybridized carbons (Fsp3) is 0.160. The van der Waals surface area contributed by atoms with Crippen molar-refractivity contribution in [2.75, 3.05) is 25.5 Å². The number of alkyl halides is 3. The summed E-state index contributed by atoms with van der Waals surface area (Å²) in [5, 5.41) is 4.90. The Balaban J connectivity index is 1.30. The number of benzene rings is 2. The average molecular weight is 575 g/mol. The molecular formula is C25H21F3N6O3S2. The Bertz CT molecular complexity index is 1720. The normalized spacial score (nSPS) is 12.1. The predicted molar refractivity (Wildman–Crippen MR) is 141 cm³/mol. The lowest BCUT2D eigenvalue weighted by atomic mass is 10.1. The smallest absolute Gasteiger partial charge is 0.416 e. The molecule has 0 saturated carbocycles. The molecule has 2 aromatic carbocycles. The molecule has 0 aliphatic heterocycles. The second kappa shape index (κ2) is 10.6. The van der Waals surface area contributed by atoms with Gasteiger partial charge in [0.05, 0.1) is 29.0 Å². The first-order chi connectivity index (χ1) is 18.7. The lowest BCUT2D eigenvalue weighted by Gasteiger charge is -2.10. The number of nitrogens with one attached hydrogen (secondary N) is 2. The number of nitrogens with zero attached hydrogens (tertiary/aromatic N) is 4. The number of fused-ring (bicyclic) bond motifs is 1. The van der Waals surface area contributed by atoms with Crippen LogP contribution in [0.1, 0.15) is 5.56 Å². The van der Waals surface area contributed by atoms with Gasteiger partial charge in [-0.05, 0) is 42.5 Å². The number of hydrogen-bond donors (Lipinski definition) is 2. The summed E-state index contributed by atoms with van der Waals surface area (Å²) < 4.78 is 72.8. The summed E-state index contributed by atoms with van der Waals surface area (Å²) in [6.45, 7) is 0.0831. The van der Waals surface area contributed by atoms with Crippen LogP contribution in [-0.2, 0) is 16.2 Å². The Labute approximate surface area is 225 Å². The molecule has 5 aromatic rings. The lowest BCUT2D eigenvalue weighted by molar-refractivity contribution is -0.137. The summed E-state index contributed by atoms with van der Waals surface area (Å²) >= 11 is 1.49. The van der Waals surface area contributed by atoms with Gasteiger partial charge >= 0.3 is 6.18 Å². The minimum Gasteiger partial charge on any atom is -0.497 e. The van der Waals surface area contributed by atoms with Gasteiger partial charge in [0.25, 0.3) is 0 Å². The maximum absolute atomic E-state index is 12.7. The van der Waals surface area contributed by atoms with Crippen LogP contribution >= 0.6 is 11.3 Å². The summed E-state index contributed by atoms with van der Waals surface area (Å²) in [6.07, 6.45) is -1.07. The van der Waals surface area contributed by atoms with Crippen molar-refractivity contribution < 1.29 is 26.3 Å². The van der Waals surface area contributed by atoms with Crippen molar-refractivity contribution in [2.24, 2.45) is 0 Å². The molecule has 0 bridgehead atoms. The molecule has 0 spiro atoms. The topological polar surface area (TPSA) is 111 Å². The number of sulfonamides is 1. The number of methoxy groups -OCH3 is 1. The number of thiazole rings is 1. The number of rotatable bonds is 9. The Morgan fingerprint density at radius 2 is 1.85 bits per heavy atom. The highest BCUT2D eigenvalue weighted by Gasteiger charge is 2.30. The van der Waals surface area contributed by atoms with Gasteiger partial charge in [-0.2, -0.15) is 13.2 Å². The van der Waals surface area contributed by atoms with Crippen LogP contribution in [0.5, 0.6) is 5.75 Å². The maximum Gasteiger partial charge on any atom is 0.416 e. The Kier molecular flexibility index (Phi) is 7.25. The summed E-state index contributed by atoms with van der Waals surface area (Å²) in [4.78, 5) is 14.1. The molecule has 14 heteroatoms. The van der Waals surface area contributed by atoms with Gasteiger partial charge in [-0.1, -0.05) is 12.1 Å². The molecule has 0 amide bonds. The van der Waals surface area contributed by atoms with E-state index in [1.807, 2.05) is 40.2 Å². The van der Waals surface area contributed by atoms with Crippen LogP contribution in [0.2, 0.25) is 0 Å². The van der Waals surface area contributed by atoms with E-state index in [4.69, 9.17) is 9.72 Å². The highest BCUT2D eigenvalue weighted by molar-refractivity contribution is 7.89. The molecule has 0 fully saturated rings. The third kappa shape index (κ3) is 5.72. The van der Waals surface area contributed by atoms with Crippen LogP contribution in [0, 0.1) is 0 Å². The summed E-state index contributed by atoms with van der Waals surface area (Å²) in [6, 6.07) is 12.6. The largest absolute Gasteiger partial charge is 0.497 e. The van der Waals surface area contributed by atoms with Crippen molar-refractivity contribution in [3.63, 3.8) is 0 Å². The van der Waals surface area contributed by atoms with Crippen LogP contribution in [0.4, 0.5) is 19.1 Å². The van der Waals surface area contributed by atoms with Gasteiger partial charge in [0.2, 0.25) is 16.0 Å². The molecular weight excluding hydrogens is 553 g/mol. The summed E-state index contributed by atoms with van der Waals surface area (Å²) in [5.41, 5.74) is 2.00. The van der Waals surface area contributed by atoms with Crippen molar-refractivity contribution in [3.8, 4) is 28.4 Å². The quantitative estimate of drug-likeness (QED) is 0.240. The first-order valence-corrected chi connectivity index (χ1v) is 13.9.